The van der Waals surface area contributed by atoms with E-state index in [1.54, 1.807) is 0 Å². The minimum atomic E-state index is -2.95. The highest BCUT2D eigenvalue weighted by Crippen LogP contribution is 2.47. The van der Waals surface area contributed by atoms with Crippen LogP contribution >= 0.6 is 0 Å². The Morgan fingerprint density at radius 3 is 1.09 bits per heavy atom. The molecule has 0 radical (unpaired) electrons. The number of aliphatic hydroxyl groups excluding tert-OH is 8. The number of unbranched alkanes of at least 4 members (excludes halogenated alkanes) is 40. The molecule has 2 unspecified atom stereocenters. The van der Waals surface area contributed by atoms with Gasteiger partial charge >= 0.3 is 0 Å². The molecule has 2 rings (SSSR count). The monoisotopic (exact) mass is 1130 g/mol. The lowest BCUT2D eigenvalue weighted by Gasteiger charge is -2.57. The minimum absolute atomic E-state index is 0.147. The molecule has 15 heteroatoms. The van der Waals surface area contributed by atoms with Crippen LogP contribution in [0.1, 0.15) is 303 Å². The van der Waals surface area contributed by atoms with Crippen LogP contribution in [0.5, 0.6) is 0 Å². The summed E-state index contributed by atoms with van der Waals surface area (Å²) >= 11 is 0. The zero-order valence-corrected chi connectivity index (χ0v) is 50.9. The predicted octanol–water partition coefficient (Wildman–Crippen LogP) is 11.6. The Balaban J connectivity index is 1.78. The summed E-state index contributed by atoms with van der Waals surface area (Å²) in [6.45, 7) is 4.15. The lowest BCUT2D eigenvalue weighted by molar-refractivity contribution is -0.490. The van der Waals surface area contributed by atoms with Gasteiger partial charge in [-0.15, -0.1) is 0 Å². The van der Waals surface area contributed by atoms with Crippen molar-refractivity contribution in [2.75, 3.05) is 33.0 Å². The summed E-state index contributed by atoms with van der Waals surface area (Å²) in [5.74, 6) is -8.28. The van der Waals surface area contributed by atoms with Gasteiger partial charge in [-0.05, 0) is 19.8 Å². The maximum atomic E-state index is 12.3. The molecule has 2 saturated heterocycles. The van der Waals surface area contributed by atoms with E-state index < -0.39 is 98.4 Å². The second kappa shape index (κ2) is 46.7. The van der Waals surface area contributed by atoms with E-state index in [4.69, 9.17) is 23.7 Å². The number of hydrogen-bond donors (Lipinski definition) is 10. The van der Waals surface area contributed by atoms with Crippen LogP contribution in [-0.4, -0.2) is 156 Å². The lowest BCUT2D eigenvalue weighted by Crippen LogP contribution is -2.78. The van der Waals surface area contributed by atoms with Gasteiger partial charge in [-0.25, -0.2) is 0 Å². The third-order valence-electron chi connectivity index (χ3n) is 16.9. The summed E-state index contributed by atoms with van der Waals surface area (Å²) in [6, 6.07) is 0. The summed E-state index contributed by atoms with van der Waals surface area (Å²) in [7, 11) is 0. The maximum Gasteiger partial charge on any atom is 0.251 e. The van der Waals surface area contributed by atoms with Crippen molar-refractivity contribution in [3.05, 3.63) is 0 Å². The third-order valence-corrected chi connectivity index (χ3v) is 16.9. The fraction of sp³-hybridized carbons (Fsp3) is 1.00. The normalized spacial score (nSPS) is 27.2. The number of rotatable bonds is 55. The van der Waals surface area contributed by atoms with Gasteiger partial charge in [0, 0.05) is 19.4 Å². The molecular formula is C64H126O15. The number of ether oxygens (including phenoxy) is 5. The molecule has 0 aromatic heterocycles. The Hall–Kier alpha value is -0.600. The molecule has 2 fully saturated rings. The Bertz CT molecular complexity index is 1370. The molecule has 0 bridgehead atoms. The van der Waals surface area contributed by atoms with Gasteiger partial charge in [0.1, 0.15) is 42.7 Å². The smallest absolute Gasteiger partial charge is 0.251 e. The van der Waals surface area contributed by atoms with Crippen molar-refractivity contribution in [3.63, 3.8) is 0 Å². The molecule has 2 aliphatic heterocycles. The molecule has 0 aliphatic carbocycles. The first kappa shape index (κ1) is 74.5. The van der Waals surface area contributed by atoms with Crippen LogP contribution in [0.2, 0.25) is 0 Å². The van der Waals surface area contributed by atoms with E-state index in [2.05, 4.69) is 13.8 Å². The van der Waals surface area contributed by atoms with Crippen molar-refractivity contribution < 1.29 is 74.7 Å². The first-order valence-electron chi connectivity index (χ1n) is 33.3. The van der Waals surface area contributed by atoms with E-state index in [0.29, 0.717) is 13.0 Å². The summed E-state index contributed by atoms with van der Waals surface area (Å²) in [6.07, 6.45) is 35.2. The van der Waals surface area contributed by atoms with Crippen molar-refractivity contribution in [2.45, 2.75) is 376 Å². The zero-order valence-electron chi connectivity index (χ0n) is 50.9. The topological polar surface area (TPSA) is 248 Å². The molecule has 0 saturated carbocycles. The molecular weight excluding hydrogens is 1010 g/mol. The summed E-state index contributed by atoms with van der Waals surface area (Å²) in [5.41, 5.74) is 0. The average Bonchev–Trinajstić information content (AvgIpc) is 3.60. The third kappa shape index (κ3) is 30.9. The van der Waals surface area contributed by atoms with E-state index in [0.717, 1.165) is 51.4 Å². The van der Waals surface area contributed by atoms with Gasteiger partial charge in [0.15, 0.2) is 5.79 Å². The molecule has 472 valence electrons. The highest BCUT2D eigenvalue weighted by atomic mass is 16.8. The number of hydrogen-bond acceptors (Lipinski definition) is 15. The van der Waals surface area contributed by atoms with Gasteiger partial charge in [-0.3, -0.25) is 0 Å². The van der Waals surface area contributed by atoms with Crippen LogP contribution in [0.3, 0.4) is 0 Å². The fourth-order valence-electron chi connectivity index (χ4n) is 11.9. The fourth-order valence-corrected chi connectivity index (χ4v) is 11.9. The Labute approximate surface area is 481 Å². The maximum absolute atomic E-state index is 12.3. The molecule has 0 amide bonds. The molecule has 0 aromatic rings. The standard InChI is InChI=1S/C64H126O15/c1-4-6-8-10-12-14-16-18-20-22-24-26-27-29-31-33-35-37-39-41-43-45-47-76-64(74)60(71)58(70)56(51-66)78-63(64,48-53(3)67)79-59-57(69)55(50-65)77-62(73,61(59)72)49-54(68)52-75-46-44-42-40-38-36-34-32-30-28-25-23-21-19-17-15-13-11-9-7-5-2/h53-61,65-74H,4-52H2,1-3H3/t53?,54?,55-,56-,57+,58+,59+,60+,61-,62-,63+,64+/m1/s1. The Kier molecular flexibility index (Phi) is 44.0. The highest BCUT2D eigenvalue weighted by Gasteiger charge is 2.69. The van der Waals surface area contributed by atoms with Crippen LogP contribution in [0, 0.1) is 0 Å². The quantitative estimate of drug-likeness (QED) is 0.0201. The van der Waals surface area contributed by atoms with Crippen molar-refractivity contribution >= 4 is 0 Å². The van der Waals surface area contributed by atoms with E-state index in [9.17, 15) is 51.1 Å². The second-order valence-electron chi connectivity index (χ2n) is 24.4. The first-order chi connectivity index (χ1) is 38.3. The van der Waals surface area contributed by atoms with E-state index in [1.165, 1.54) is 219 Å². The van der Waals surface area contributed by atoms with Crippen molar-refractivity contribution in [3.8, 4) is 0 Å². The lowest BCUT2D eigenvalue weighted by atomic mass is 9.84. The van der Waals surface area contributed by atoms with E-state index >= 15 is 0 Å². The molecule has 79 heavy (non-hydrogen) atoms. The molecule has 2 aliphatic rings. The van der Waals surface area contributed by atoms with Crippen molar-refractivity contribution in [1.82, 2.24) is 0 Å². The predicted molar refractivity (Wildman–Crippen MR) is 314 cm³/mol. The molecule has 0 spiro atoms. The van der Waals surface area contributed by atoms with Gasteiger partial charge in [-0.1, -0.05) is 271 Å². The van der Waals surface area contributed by atoms with Crippen molar-refractivity contribution in [1.29, 1.82) is 0 Å². The second-order valence-corrected chi connectivity index (χ2v) is 24.4. The Morgan fingerprint density at radius 1 is 0.418 bits per heavy atom. The summed E-state index contributed by atoms with van der Waals surface area (Å²) < 4.78 is 29.6. The molecule has 0 aromatic carbocycles. The van der Waals surface area contributed by atoms with E-state index in [1.807, 2.05) is 0 Å². The highest BCUT2D eigenvalue weighted by molar-refractivity contribution is 5.07. The van der Waals surface area contributed by atoms with Gasteiger partial charge in [0.05, 0.1) is 38.6 Å². The minimum Gasteiger partial charge on any atom is -0.394 e. The molecule has 2 heterocycles. The van der Waals surface area contributed by atoms with Crippen molar-refractivity contribution in [2.24, 2.45) is 0 Å². The molecule has 12 atom stereocenters. The van der Waals surface area contributed by atoms with Crippen LogP contribution in [0.4, 0.5) is 0 Å². The van der Waals surface area contributed by atoms with E-state index in [-0.39, 0.29) is 13.2 Å². The van der Waals surface area contributed by atoms with Crippen LogP contribution in [0.25, 0.3) is 0 Å². The Morgan fingerprint density at radius 2 is 0.747 bits per heavy atom. The van der Waals surface area contributed by atoms with Gasteiger partial charge < -0.3 is 74.7 Å². The van der Waals surface area contributed by atoms with Crippen LogP contribution in [0.15, 0.2) is 0 Å². The molecule has 15 nitrogen and oxygen atoms in total. The zero-order chi connectivity index (χ0) is 57.9. The van der Waals surface area contributed by atoms with Gasteiger partial charge in [-0.2, -0.15) is 0 Å². The van der Waals surface area contributed by atoms with Gasteiger partial charge in [0.2, 0.25) is 5.79 Å². The largest absolute Gasteiger partial charge is 0.394 e. The first-order valence-corrected chi connectivity index (χ1v) is 33.3. The van der Waals surface area contributed by atoms with Crippen LogP contribution < -0.4 is 0 Å². The SMILES string of the molecule is CCCCCCCCCCCCCCCCCCCCCCCCO[C@@]1(O)[C@@H](O)[C@@H](O)[C@@H](CO)O[C@@]1(CC(C)O)O[C@H]1[C@@H](O)[C@@H](CO)O[C@](O)(CC(O)COCCCCCCCCCCCCCCCCCCCCCC)[C@@H]1O. The summed E-state index contributed by atoms with van der Waals surface area (Å²) in [4.78, 5) is 0. The number of aliphatic hydroxyl groups is 10. The van der Waals surface area contributed by atoms with Crippen LogP contribution in [-0.2, 0) is 23.7 Å². The average molecular weight is 1140 g/mol. The summed E-state index contributed by atoms with van der Waals surface area (Å²) in [5, 5.41) is 112. The molecule has 10 N–H and O–H groups in total. The van der Waals surface area contributed by atoms with Gasteiger partial charge in [0.25, 0.3) is 5.79 Å².